The van der Waals surface area contributed by atoms with Crippen LogP contribution >= 0.6 is 0 Å². The van der Waals surface area contributed by atoms with Gasteiger partial charge >= 0.3 is 11.8 Å². The second-order valence-electron chi connectivity index (χ2n) is 5.29. The molecule has 3 rings (SSSR count). The Kier molecular flexibility index (Phi) is 3.58. The van der Waals surface area contributed by atoms with Crippen LogP contribution in [0.1, 0.15) is 13.3 Å². The molecule has 0 spiro atoms. The van der Waals surface area contributed by atoms with Gasteiger partial charge in [0.2, 0.25) is 5.91 Å². The van der Waals surface area contributed by atoms with Crippen LogP contribution in [0.5, 0.6) is 0 Å². The van der Waals surface area contributed by atoms with Crippen LogP contribution in [0.2, 0.25) is 0 Å². The van der Waals surface area contributed by atoms with E-state index in [2.05, 4.69) is 15.6 Å². The molecule has 3 N–H and O–H groups in total. The first kappa shape index (κ1) is 14.2. The topological polar surface area (TPSA) is 107 Å². The summed E-state index contributed by atoms with van der Waals surface area (Å²) >= 11 is 0. The summed E-state index contributed by atoms with van der Waals surface area (Å²) in [4.78, 5) is 38.5. The minimum atomic E-state index is -0.531. The maximum atomic E-state index is 12.2. The predicted molar refractivity (Wildman–Crippen MR) is 79.6 cm³/mol. The lowest BCUT2D eigenvalue weighted by Crippen LogP contribution is -2.38. The number of nitrogens with one attached hydrogen (secondary N) is 3. The van der Waals surface area contributed by atoms with E-state index >= 15 is 0 Å². The van der Waals surface area contributed by atoms with Gasteiger partial charge in [-0.1, -0.05) is 0 Å². The second-order valence-corrected chi connectivity index (χ2v) is 5.29. The fourth-order valence-corrected chi connectivity index (χ4v) is 2.58. The highest BCUT2D eigenvalue weighted by molar-refractivity contribution is 5.91. The van der Waals surface area contributed by atoms with E-state index in [1.807, 2.05) is 0 Å². The molecular weight excluding hydrogens is 288 g/mol. The van der Waals surface area contributed by atoms with Gasteiger partial charge in [0.25, 0.3) is 0 Å². The van der Waals surface area contributed by atoms with E-state index < -0.39 is 5.76 Å². The fraction of sp³-hybridized carbons (Fsp3) is 0.357. The molecule has 3 amide bonds. The SMILES string of the molecule is CC(=O)N[C@@H]1CCN(C(=O)Nc2ccc3[nH]c(=O)oc3c2)C1. The number of oxazole rings is 1. The number of carbonyl (C=O) groups is 2. The lowest BCUT2D eigenvalue weighted by Gasteiger charge is -2.17. The van der Waals surface area contributed by atoms with Crippen LogP contribution in [0.25, 0.3) is 11.1 Å². The lowest BCUT2D eigenvalue weighted by atomic mass is 10.2. The number of aromatic amines is 1. The zero-order chi connectivity index (χ0) is 15.7. The summed E-state index contributed by atoms with van der Waals surface area (Å²) in [5.74, 6) is -0.628. The van der Waals surface area contributed by atoms with E-state index in [4.69, 9.17) is 4.42 Å². The average Bonchev–Trinajstić information content (AvgIpc) is 3.03. The van der Waals surface area contributed by atoms with Gasteiger partial charge in [-0.15, -0.1) is 0 Å². The molecule has 0 saturated carbocycles. The van der Waals surface area contributed by atoms with Crippen molar-refractivity contribution in [1.29, 1.82) is 0 Å². The second kappa shape index (κ2) is 5.55. The third-order valence-corrected chi connectivity index (χ3v) is 3.56. The molecule has 2 heterocycles. The molecule has 0 unspecified atom stereocenters. The molecule has 1 aromatic heterocycles. The van der Waals surface area contributed by atoms with E-state index in [0.717, 1.165) is 6.42 Å². The van der Waals surface area contributed by atoms with Crippen molar-refractivity contribution in [2.45, 2.75) is 19.4 Å². The molecule has 1 atom stereocenters. The number of carbonyl (C=O) groups excluding carboxylic acids is 2. The summed E-state index contributed by atoms with van der Waals surface area (Å²) in [6, 6.07) is 4.69. The summed E-state index contributed by atoms with van der Waals surface area (Å²) < 4.78 is 4.95. The van der Waals surface area contributed by atoms with Crippen LogP contribution in [-0.4, -0.2) is 41.0 Å². The monoisotopic (exact) mass is 304 g/mol. The Labute approximate surface area is 125 Å². The van der Waals surface area contributed by atoms with E-state index in [1.165, 1.54) is 6.92 Å². The number of nitrogens with zero attached hydrogens (tertiary/aromatic N) is 1. The number of fused-ring (bicyclic) bond motifs is 1. The maximum Gasteiger partial charge on any atom is 0.417 e. The van der Waals surface area contributed by atoms with Gasteiger partial charge in [-0.3, -0.25) is 9.78 Å². The summed E-state index contributed by atoms with van der Waals surface area (Å²) in [5, 5.41) is 5.56. The first-order valence-corrected chi connectivity index (χ1v) is 6.97. The number of urea groups is 1. The molecular formula is C14H16N4O4. The summed E-state index contributed by atoms with van der Waals surface area (Å²) in [5.41, 5.74) is 1.51. The maximum absolute atomic E-state index is 12.2. The number of likely N-dealkylation sites (tertiary alicyclic amines) is 1. The molecule has 1 saturated heterocycles. The van der Waals surface area contributed by atoms with E-state index in [9.17, 15) is 14.4 Å². The Morgan fingerprint density at radius 2 is 2.23 bits per heavy atom. The van der Waals surface area contributed by atoms with Gasteiger partial charge in [0.05, 0.1) is 5.52 Å². The largest absolute Gasteiger partial charge is 0.417 e. The zero-order valence-electron chi connectivity index (χ0n) is 12.0. The zero-order valence-corrected chi connectivity index (χ0v) is 12.0. The highest BCUT2D eigenvalue weighted by Gasteiger charge is 2.26. The van der Waals surface area contributed by atoms with Crippen LogP contribution in [0.4, 0.5) is 10.5 Å². The quantitative estimate of drug-likeness (QED) is 0.765. The summed E-state index contributed by atoms with van der Waals surface area (Å²) in [6.45, 7) is 2.52. The third kappa shape index (κ3) is 2.95. The number of hydrogen-bond donors (Lipinski definition) is 3. The van der Waals surface area contributed by atoms with Crippen LogP contribution in [-0.2, 0) is 4.79 Å². The van der Waals surface area contributed by atoms with Gasteiger partial charge in [-0.25, -0.2) is 9.59 Å². The molecule has 8 heteroatoms. The van der Waals surface area contributed by atoms with Crippen molar-refractivity contribution in [3.63, 3.8) is 0 Å². The molecule has 1 aliphatic heterocycles. The third-order valence-electron chi connectivity index (χ3n) is 3.56. The predicted octanol–water partition coefficient (Wildman–Crippen LogP) is 0.863. The number of aromatic nitrogens is 1. The average molecular weight is 304 g/mol. The van der Waals surface area contributed by atoms with Gasteiger partial charge in [-0.2, -0.15) is 0 Å². The normalized spacial score (nSPS) is 17.7. The first-order valence-electron chi connectivity index (χ1n) is 6.97. The van der Waals surface area contributed by atoms with E-state index in [1.54, 1.807) is 23.1 Å². The Morgan fingerprint density at radius 1 is 1.41 bits per heavy atom. The van der Waals surface area contributed by atoms with Crippen molar-refractivity contribution in [2.75, 3.05) is 18.4 Å². The van der Waals surface area contributed by atoms with Gasteiger partial charge in [0.1, 0.15) is 0 Å². The Morgan fingerprint density at radius 3 is 3.00 bits per heavy atom. The molecule has 1 fully saturated rings. The number of rotatable bonds is 2. The highest BCUT2D eigenvalue weighted by atomic mass is 16.4. The first-order chi connectivity index (χ1) is 10.5. The summed E-state index contributed by atoms with van der Waals surface area (Å²) in [6.07, 6.45) is 0.735. The van der Waals surface area contributed by atoms with Crippen molar-refractivity contribution in [3.8, 4) is 0 Å². The van der Waals surface area contributed by atoms with Gasteiger partial charge < -0.3 is 20.0 Å². The van der Waals surface area contributed by atoms with Crippen molar-refractivity contribution in [2.24, 2.45) is 0 Å². The van der Waals surface area contributed by atoms with Crippen molar-refractivity contribution >= 4 is 28.7 Å². The Balaban J connectivity index is 1.65. The van der Waals surface area contributed by atoms with E-state index in [-0.39, 0.29) is 18.0 Å². The molecule has 0 aliphatic carbocycles. The van der Waals surface area contributed by atoms with Crippen LogP contribution in [0.3, 0.4) is 0 Å². The lowest BCUT2D eigenvalue weighted by molar-refractivity contribution is -0.119. The number of H-pyrrole nitrogens is 1. The summed E-state index contributed by atoms with van der Waals surface area (Å²) in [7, 11) is 0. The standard InChI is InChI=1S/C14H16N4O4/c1-8(19)15-10-4-5-18(7-10)13(20)16-9-2-3-11-12(6-9)22-14(21)17-11/h2-3,6,10H,4-5,7H2,1H3,(H,15,19)(H,16,20)(H,17,21)/t10-/m1/s1. The number of anilines is 1. The van der Waals surface area contributed by atoms with Gasteiger partial charge in [0, 0.05) is 37.8 Å². The molecule has 2 aromatic rings. The molecule has 116 valence electrons. The molecule has 1 aromatic carbocycles. The van der Waals surface area contributed by atoms with Crippen molar-refractivity contribution < 1.29 is 14.0 Å². The van der Waals surface area contributed by atoms with Crippen molar-refractivity contribution in [3.05, 3.63) is 28.7 Å². The number of hydrogen-bond acceptors (Lipinski definition) is 4. The van der Waals surface area contributed by atoms with Crippen molar-refractivity contribution in [1.82, 2.24) is 15.2 Å². The molecule has 1 aliphatic rings. The highest BCUT2D eigenvalue weighted by Crippen LogP contribution is 2.18. The van der Waals surface area contributed by atoms with E-state index in [0.29, 0.717) is 29.9 Å². The molecule has 22 heavy (non-hydrogen) atoms. The Hall–Kier alpha value is -2.77. The minimum absolute atomic E-state index is 0.00609. The van der Waals surface area contributed by atoms with Crippen LogP contribution in [0, 0.1) is 0 Å². The van der Waals surface area contributed by atoms with Crippen LogP contribution < -0.4 is 16.4 Å². The molecule has 0 radical (unpaired) electrons. The smallest absolute Gasteiger partial charge is 0.408 e. The Bertz CT molecular complexity index is 778. The molecule has 0 bridgehead atoms. The molecule has 8 nitrogen and oxygen atoms in total. The minimum Gasteiger partial charge on any atom is -0.408 e. The number of benzene rings is 1. The van der Waals surface area contributed by atoms with Crippen LogP contribution in [0.15, 0.2) is 27.4 Å². The number of amides is 3. The van der Waals surface area contributed by atoms with Gasteiger partial charge in [0.15, 0.2) is 5.58 Å². The fourth-order valence-electron chi connectivity index (χ4n) is 2.58. The van der Waals surface area contributed by atoms with Gasteiger partial charge in [-0.05, 0) is 18.6 Å².